The maximum Gasteiger partial charge on any atom is 0.409 e. The summed E-state index contributed by atoms with van der Waals surface area (Å²) in [5.74, 6) is -0.454. The van der Waals surface area contributed by atoms with E-state index in [1.165, 1.54) is 23.5 Å². The van der Waals surface area contributed by atoms with Crippen LogP contribution in [0.15, 0.2) is 29.6 Å². The largest absolute Gasteiger partial charge is 0.450 e. The van der Waals surface area contributed by atoms with E-state index >= 15 is 0 Å². The van der Waals surface area contributed by atoms with Crippen LogP contribution in [0.3, 0.4) is 0 Å². The van der Waals surface area contributed by atoms with Gasteiger partial charge in [0.25, 0.3) is 0 Å². The average molecular weight is 392 g/mol. The Balaban J connectivity index is 1.48. The van der Waals surface area contributed by atoms with Crippen molar-refractivity contribution >= 4 is 28.5 Å². The molecule has 0 bridgehead atoms. The van der Waals surface area contributed by atoms with Crippen molar-refractivity contribution in [2.75, 3.05) is 44.6 Å². The van der Waals surface area contributed by atoms with Gasteiger partial charge >= 0.3 is 6.09 Å². The number of nitrogens with zero attached hydrogens (tertiary/aromatic N) is 3. The molecule has 1 aliphatic heterocycles. The number of hydrogen-bond acceptors (Lipinski definition) is 6. The summed E-state index contributed by atoms with van der Waals surface area (Å²) >= 11 is 1.32. The molecule has 9 heteroatoms. The molecule has 2 heterocycles. The number of amides is 2. The zero-order valence-electron chi connectivity index (χ0n) is 15.0. The van der Waals surface area contributed by atoms with Crippen LogP contribution in [0.1, 0.15) is 6.92 Å². The number of rotatable bonds is 5. The third-order valence-electron chi connectivity index (χ3n) is 4.16. The summed E-state index contributed by atoms with van der Waals surface area (Å²) in [4.78, 5) is 31.9. The Morgan fingerprint density at radius 1 is 1.22 bits per heavy atom. The number of nitrogens with one attached hydrogen (secondary N) is 1. The summed E-state index contributed by atoms with van der Waals surface area (Å²) in [6, 6.07) is 6.06. The monoisotopic (exact) mass is 392 g/mol. The summed E-state index contributed by atoms with van der Waals surface area (Å²) in [6.45, 7) is 4.68. The molecule has 0 atom stereocenters. The molecule has 1 N–H and O–H groups in total. The highest BCUT2D eigenvalue weighted by Gasteiger charge is 2.23. The van der Waals surface area contributed by atoms with Gasteiger partial charge in [0.2, 0.25) is 5.91 Å². The Morgan fingerprint density at radius 2 is 1.93 bits per heavy atom. The number of aromatic nitrogens is 1. The van der Waals surface area contributed by atoms with Crippen molar-refractivity contribution in [3.05, 3.63) is 35.5 Å². The van der Waals surface area contributed by atoms with Crippen LogP contribution in [-0.4, -0.2) is 66.1 Å². The minimum Gasteiger partial charge on any atom is -0.450 e. The van der Waals surface area contributed by atoms with Crippen molar-refractivity contribution in [1.82, 2.24) is 14.8 Å². The Bertz CT molecular complexity index is 788. The fourth-order valence-corrected chi connectivity index (χ4v) is 3.49. The molecule has 7 nitrogen and oxygen atoms in total. The average Bonchev–Trinajstić information content (AvgIpc) is 3.11. The topological polar surface area (TPSA) is 74.8 Å². The lowest BCUT2D eigenvalue weighted by Crippen LogP contribution is -2.50. The zero-order chi connectivity index (χ0) is 19.2. The molecular formula is C18H21FN4O3S. The fourth-order valence-electron chi connectivity index (χ4n) is 2.75. The van der Waals surface area contributed by atoms with Crippen LogP contribution >= 0.6 is 11.3 Å². The predicted octanol–water partition coefficient (Wildman–Crippen LogP) is 2.66. The predicted molar refractivity (Wildman–Crippen MR) is 101 cm³/mol. The quantitative estimate of drug-likeness (QED) is 0.847. The van der Waals surface area contributed by atoms with Crippen molar-refractivity contribution in [3.63, 3.8) is 0 Å². The molecule has 0 saturated carbocycles. The van der Waals surface area contributed by atoms with Gasteiger partial charge in [-0.05, 0) is 31.2 Å². The summed E-state index contributed by atoms with van der Waals surface area (Å²) in [7, 11) is 0. The molecule has 0 radical (unpaired) electrons. The second-order valence-corrected chi connectivity index (χ2v) is 6.91. The van der Waals surface area contributed by atoms with Crippen LogP contribution in [0, 0.1) is 5.82 Å². The van der Waals surface area contributed by atoms with Crippen LogP contribution in [0.25, 0.3) is 11.3 Å². The summed E-state index contributed by atoms with van der Waals surface area (Å²) in [5.41, 5.74) is 1.49. The first-order valence-electron chi connectivity index (χ1n) is 8.70. The Morgan fingerprint density at radius 3 is 2.59 bits per heavy atom. The molecule has 3 rings (SSSR count). The highest BCUT2D eigenvalue weighted by molar-refractivity contribution is 7.14. The molecule has 1 saturated heterocycles. The number of benzene rings is 1. The van der Waals surface area contributed by atoms with Crippen LogP contribution in [0.5, 0.6) is 0 Å². The lowest BCUT2D eigenvalue weighted by Gasteiger charge is -2.33. The van der Waals surface area contributed by atoms with Gasteiger partial charge in [-0.1, -0.05) is 0 Å². The Labute approximate surface area is 160 Å². The van der Waals surface area contributed by atoms with Crippen LogP contribution in [-0.2, 0) is 9.53 Å². The van der Waals surface area contributed by atoms with Gasteiger partial charge in [0.1, 0.15) is 5.82 Å². The van der Waals surface area contributed by atoms with E-state index in [4.69, 9.17) is 4.74 Å². The van der Waals surface area contributed by atoms with Gasteiger partial charge in [0, 0.05) is 37.1 Å². The molecule has 0 unspecified atom stereocenters. The molecule has 0 aliphatic carbocycles. The van der Waals surface area contributed by atoms with Crippen molar-refractivity contribution in [2.45, 2.75) is 6.92 Å². The SMILES string of the molecule is CCOC(=O)N1CCN(CC(=O)Nc2nc(-c3ccc(F)cc3)cs2)CC1. The highest BCUT2D eigenvalue weighted by Crippen LogP contribution is 2.25. The maximum atomic E-state index is 13.0. The maximum absolute atomic E-state index is 13.0. The van der Waals surface area contributed by atoms with E-state index in [0.717, 1.165) is 5.56 Å². The van der Waals surface area contributed by atoms with Gasteiger partial charge in [-0.15, -0.1) is 11.3 Å². The van der Waals surface area contributed by atoms with Crippen LogP contribution in [0.2, 0.25) is 0 Å². The van der Waals surface area contributed by atoms with Crippen molar-refractivity contribution in [3.8, 4) is 11.3 Å². The zero-order valence-corrected chi connectivity index (χ0v) is 15.8. The van der Waals surface area contributed by atoms with Gasteiger partial charge in [0.05, 0.1) is 18.8 Å². The number of ether oxygens (including phenoxy) is 1. The number of carbonyl (C=O) groups excluding carboxylic acids is 2. The molecule has 144 valence electrons. The van der Waals surface area contributed by atoms with Crippen molar-refractivity contribution in [1.29, 1.82) is 0 Å². The summed E-state index contributed by atoms with van der Waals surface area (Å²) < 4.78 is 18.0. The molecule has 2 amide bonds. The first-order valence-corrected chi connectivity index (χ1v) is 9.58. The molecule has 1 aromatic heterocycles. The Kier molecular flexibility index (Phi) is 6.36. The van der Waals surface area contributed by atoms with E-state index in [0.29, 0.717) is 43.6 Å². The standard InChI is InChI=1S/C18H21FN4O3S/c1-2-26-18(25)23-9-7-22(8-10-23)11-16(24)21-17-20-15(12-27-17)13-3-5-14(19)6-4-13/h3-6,12H,2,7-11H2,1H3,(H,20,21,24). The van der Waals surface area contributed by atoms with Gasteiger partial charge in [-0.3, -0.25) is 9.69 Å². The molecule has 27 heavy (non-hydrogen) atoms. The fraction of sp³-hybridized carbons (Fsp3) is 0.389. The second-order valence-electron chi connectivity index (χ2n) is 6.06. The second kappa shape index (κ2) is 8.92. The molecule has 0 spiro atoms. The van der Waals surface area contributed by atoms with Crippen LogP contribution < -0.4 is 5.32 Å². The number of piperazine rings is 1. The van der Waals surface area contributed by atoms with Crippen LogP contribution in [0.4, 0.5) is 14.3 Å². The minimum atomic E-state index is -0.308. The summed E-state index contributed by atoms with van der Waals surface area (Å²) in [6.07, 6.45) is -0.308. The lowest BCUT2D eigenvalue weighted by molar-refractivity contribution is -0.117. The molecular weight excluding hydrogens is 371 g/mol. The third-order valence-corrected chi connectivity index (χ3v) is 4.91. The molecule has 1 aromatic carbocycles. The molecule has 2 aromatic rings. The number of halogens is 1. The first kappa shape index (κ1) is 19.2. The van der Waals surface area contributed by atoms with E-state index in [-0.39, 0.29) is 24.4 Å². The smallest absolute Gasteiger partial charge is 0.409 e. The number of thiazole rings is 1. The lowest BCUT2D eigenvalue weighted by atomic mass is 10.2. The van der Waals surface area contributed by atoms with Gasteiger partial charge < -0.3 is 15.0 Å². The van der Waals surface area contributed by atoms with Crippen molar-refractivity contribution < 1.29 is 18.7 Å². The third kappa shape index (κ3) is 5.24. The van der Waals surface area contributed by atoms with Gasteiger partial charge in [-0.2, -0.15) is 0 Å². The number of carbonyl (C=O) groups is 2. The van der Waals surface area contributed by atoms with E-state index in [1.54, 1.807) is 24.0 Å². The van der Waals surface area contributed by atoms with E-state index in [2.05, 4.69) is 10.3 Å². The van der Waals surface area contributed by atoms with E-state index in [9.17, 15) is 14.0 Å². The first-order chi connectivity index (χ1) is 13.0. The number of hydrogen-bond donors (Lipinski definition) is 1. The minimum absolute atomic E-state index is 0.153. The Hall–Kier alpha value is -2.52. The van der Waals surface area contributed by atoms with Gasteiger partial charge in [-0.25, -0.2) is 14.2 Å². The van der Waals surface area contributed by atoms with Crippen molar-refractivity contribution in [2.24, 2.45) is 0 Å². The normalized spacial score (nSPS) is 14.8. The van der Waals surface area contributed by atoms with E-state index in [1.807, 2.05) is 10.3 Å². The van der Waals surface area contributed by atoms with Gasteiger partial charge in [0.15, 0.2) is 5.13 Å². The number of anilines is 1. The summed E-state index contributed by atoms with van der Waals surface area (Å²) in [5, 5.41) is 5.12. The molecule has 1 aliphatic rings. The highest BCUT2D eigenvalue weighted by atomic mass is 32.1. The molecule has 1 fully saturated rings. The van der Waals surface area contributed by atoms with E-state index < -0.39 is 0 Å².